The number of carbonyl (C=O) groups is 3. The first-order valence-corrected chi connectivity index (χ1v) is 13.2. The van der Waals surface area contributed by atoms with Crippen LogP contribution in [0, 0.1) is 17.7 Å². The molecule has 0 radical (unpaired) electrons. The molecule has 2 aliphatic rings. The van der Waals surface area contributed by atoms with Crippen LogP contribution in [0.1, 0.15) is 65.8 Å². The molecule has 1 aromatic heterocycles. The maximum Gasteiger partial charge on any atom is 0.357 e. The third-order valence-electron chi connectivity index (χ3n) is 7.53. The Morgan fingerprint density at radius 3 is 2.31 bits per heavy atom. The molecule has 7 nitrogen and oxygen atoms in total. The number of pyridine rings is 1. The standard InChI is InChI=1S/C27H31BrFN3O4/c28-21-3-6-23(31-17-21)25(34)36-27(26(30)35)12-7-18(8-13-27)9-14-32-15-10-20(11-16-32)24(33)19-1-4-22(29)5-2-19/h1-6,17-18,20H,7-16H2,(H2,30,35). The van der Waals surface area contributed by atoms with Gasteiger partial charge < -0.3 is 15.4 Å². The van der Waals surface area contributed by atoms with E-state index in [4.69, 9.17) is 10.5 Å². The molecule has 0 atom stereocenters. The first kappa shape index (κ1) is 26.4. The molecule has 36 heavy (non-hydrogen) atoms. The van der Waals surface area contributed by atoms with Crippen LogP contribution in [-0.4, -0.2) is 52.8 Å². The first-order valence-electron chi connectivity index (χ1n) is 12.4. The maximum atomic E-state index is 13.1. The summed E-state index contributed by atoms with van der Waals surface area (Å²) in [5.74, 6) is -1.10. The first-order chi connectivity index (χ1) is 17.3. The second-order valence-electron chi connectivity index (χ2n) is 9.83. The summed E-state index contributed by atoms with van der Waals surface area (Å²) in [6, 6.07) is 9.02. The minimum Gasteiger partial charge on any atom is -0.444 e. The fraction of sp³-hybridized carbons (Fsp3) is 0.481. The topological polar surface area (TPSA) is 103 Å². The monoisotopic (exact) mass is 559 g/mol. The van der Waals surface area contributed by atoms with Gasteiger partial charge in [-0.2, -0.15) is 0 Å². The molecule has 1 saturated heterocycles. The number of benzene rings is 1. The van der Waals surface area contributed by atoms with Gasteiger partial charge in [0.15, 0.2) is 11.4 Å². The average Bonchev–Trinajstić information content (AvgIpc) is 2.89. The second kappa shape index (κ2) is 11.6. The summed E-state index contributed by atoms with van der Waals surface area (Å²) >= 11 is 3.28. The molecule has 1 aromatic carbocycles. The van der Waals surface area contributed by atoms with Crippen molar-refractivity contribution < 1.29 is 23.5 Å². The molecule has 192 valence electrons. The number of nitrogens with two attached hydrogens (primary N) is 1. The number of likely N-dealkylation sites (tertiary alicyclic amines) is 1. The average molecular weight is 560 g/mol. The largest absolute Gasteiger partial charge is 0.444 e. The van der Waals surface area contributed by atoms with E-state index in [0.29, 0.717) is 24.3 Å². The van der Waals surface area contributed by atoms with Crippen molar-refractivity contribution in [3.05, 3.63) is 64.1 Å². The predicted molar refractivity (Wildman–Crippen MR) is 136 cm³/mol. The maximum absolute atomic E-state index is 13.1. The molecule has 1 aliphatic carbocycles. The highest BCUT2D eigenvalue weighted by Gasteiger charge is 2.44. The van der Waals surface area contributed by atoms with Gasteiger partial charge in [0.2, 0.25) is 0 Å². The molecule has 2 aromatic rings. The SMILES string of the molecule is NC(=O)C1(OC(=O)c2ccc(Br)cn2)CCC(CCN2CCC(C(=O)c3ccc(F)cc3)CC2)CC1. The summed E-state index contributed by atoms with van der Waals surface area (Å²) in [5, 5.41) is 0. The molecule has 1 amide bonds. The summed E-state index contributed by atoms with van der Waals surface area (Å²) in [5.41, 5.74) is 5.10. The molecule has 0 unspecified atom stereocenters. The molecule has 9 heteroatoms. The van der Waals surface area contributed by atoms with Gasteiger partial charge in [0.25, 0.3) is 5.91 Å². The van der Waals surface area contributed by atoms with Gasteiger partial charge in [-0.05, 0) is 123 Å². The van der Waals surface area contributed by atoms with Gasteiger partial charge in [-0.1, -0.05) is 0 Å². The Morgan fingerprint density at radius 2 is 1.72 bits per heavy atom. The van der Waals surface area contributed by atoms with Gasteiger partial charge in [-0.25, -0.2) is 14.2 Å². The van der Waals surface area contributed by atoms with Crippen molar-refractivity contribution in [1.29, 1.82) is 0 Å². The van der Waals surface area contributed by atoms with Crippen molar-refractivity contribution >= 4 is 33.6 Å². The summed E-state index contributed by atoms with van der Waals surface area (Å²) in [7, 11) is 0. The number of carbonyl (C=O) groups excluding carboxylic acids is 3. The molecular weight excluding hydrogens is 529 g/mol. The zero-order valence-corrected chi connectivity index (χ0v) is 21.7. The Hall–Kier alpha value is -2.65. The molecular formula is C27H31BrFN3O4. The third kappa shape index (κ3) is 6.37. The lowest BCUT2D eigenvalue weighted by atomic mass is 9.77. The summed E-state index contributed by atoms with van der Waals surface area (Å²) in [4.78, 5) is 44.0. The zero-order valence-electron chi connectivity index (χ0n) is 20.1. The number of ketones is 1. The molecule has 2 fully saturated rings. The highest BCUT2D eigenvalue weighted by molar-refractivity contribution is 9.10. The number of halogens is 2. The van der Waals surface area contributed by atoms with Crippen LogP contribution in [0.4, 0.5) is 4.39 Å². The number of nitrogens with zero attached hydrogens (tertiary/aromatic N) is 2. The van der Waals surface area contributed by atoms with E-state index in [1.54, 1.807) is 24.3 Å². The number of piperidine rings is 1. The van der Waals surface area contributed by atoms with E-state index in [1.165, 1.54) is 18.3 Å². The number of esters is 1. The van der Waals surface area contributed by atoms with E-state index in [0.717, 1.165) is 56.2 Å². The molecule has 2 N–H and O–H groups in total. The molecule has 4 rings (SSSR count). The predicted octanol–water partition coefficient (Wildman–Crippen LogP) is 4.54. The quantitative estimate of drug-likeness (QED) is 0.376. The van der Waals surface area contributed by atoms with E-state index < -0.39 is 17.5 Å². The number of hydrogen-bond donors (Lipinski definition) is 1. The van der Waals surface area contributed by atoms with Crippen LogP contribution in [0.3, 0.4) is 0 Å². The minimum atomic E-state index is -1.29. The van der Waals surface area contributed by atoms with E-state index in [2.05, 4.69) is 25.8 Å². The number of Topliss-reactive ketones (excluding diaryl/α,β-unsaturated/α-hetero) is 1. The van der Waals surface area contributed by atoms with Gasteiger partial charge in [0, 0.05) is 22.2 Å². The highest BCUT2D eigenvalue weighted by Crippen LogP contribution is 2.37. The fourth-order valence-corrected chi connectivity index (χ4v) is 5.43. The molecule has 1 aliphatic heterocycles. The molecule has 1 saturated carbocycles. The Labute approximate surface area is 218 Å². The van der Waals surface area contributed by atoms with Gasteiger partial charge >= 0.3 is 5.97 Å². The number of aromatic nitrogens is 1. The van der Waals surface area contributed by atoms with Crippen LogP contribution in [0.5, 0.6) is 0 Å². The van der Waals surface area contributed by atoms with Gasteiger partial charge in [-0.15, -0.1) is 0 Å². The number of hydrogen-bond acceptors (Lipinski definition) is 6. The van der Waals surface area contributed by atoms with Crippen LogP contribution < -0.4 is 5.73 Å². The highest BCUT2D eigenvalue weighted by atomic mass is 79.9. The third-order valence-corrected chi connectivity index (χ3v) is 8.00. The van der Waals surface area contributed by atoms with Crippen molar-refractivity contribution in [1.82, 2.24) is 9.88 Å². The van der Waals surface area contributed by atoms with Crippen LogP contribution in [0.25, 0.3) is 0 Å². The molecule has 0 spiro atoms. The van der Waals surface area contributed by atoms with Gasteiger partial charge in [0.1, 0.15) is 11.5 Å². The lowest BCUT2D eigenvalue weighted by molar-refractivity contribution is -0.142. The van der Waals surface area contributed by atoms with E-state index in [-0.39, 0.29) is 23.2 Å². The lowest BCUT2D eigenvalue weighted by Gasteiger charge is -2.38. The Balaban J connectivity index is 1.22. The molecule has 0 bridgehead atoms. The van der Waals surface area contributed by atoms with Crippen molar-refractivity contribution in [3.63, 3.8) is 0 Å². The zero-order chi connectivity index (χ0) is 25.7. The minimum absolute atomic E-state index is 0.0209. The van der Waals surface area contributed by atoms with E-state index in [9.17, 15) is 18.8 Å². The second-order valence-corrected chi connectivity index (χ2v) is 10.7. The van der Waals surface area contributed by atoms with Crippen LogP contribution in [0.15, 0.2) is 47.1 Å². The number of ether oxygens (including phenoxy) is 1. The van der Waals surface area contributed by atoms with Crippen molar-refractivity contribution in [2.45, 2.75) is 50.5 Å². The smallest absolute Gasteiger partial charge is 0.357 e. The molecule has 2 heterocycles. The van der Waals surface area contributed by atoms with Crippen LogP contribution in [0.2, 0.25) is 0 Å². The summed E-state index contributed by atoms with van der Waals surface area (Å²) < 4.78 is 19.5. The normalized spacial score (nSPS) is 23.2. The van der Waals surface area contributed by atoms with E-state index in [1.807, 2.05) is 0 Å². The summed E-state index contributed by atoms with van der Waals surface area (Å²) in [6.45, 7) is 2.63. The number of rotatable bonds is 8. The van der Waals surface area contributed by atoms with Crippen molar-refractivity contribution in [2.75, 3.05) is 19.6 Å². The number of amides is 1. The van der Waals surface area contributed by atoms with Crippen molar-refractivity contribution in [2.24, 2.45) is 17.6 Å². The number of primary amides is 1. The lowest BCUT2D eigenvalue weighted by Crippen LogP contribution is -2.50. The summed E-state index contributed by atoms with van der Waals surface area (Å²) in [6.07, 6.45) is 6.40. The Morgan fingerprint density at radius 1 is 1.06 bits per heavy atom. The van der Waals surface area contributed by atoms with Gasteiger partial charge in [0.05, 0.1) is 0 Å². The van der Waals surface area contributed by atoms with E-state index >= 15 is 0 Å². The Bertz CT molecular complexity index is 1080. The van der Waals surface area contributed by atoms with Crippen LogP contribution >= 0.6 is 15.9 Å². The Kier molecular flexibility index (Phi) is 8.51. The van der Waals surface area contributed by atoms with Gasteiger partial charge in [-0.3, -0.25) is 9.59 Å². The fourth-order valence-electron chi connectivity index (χ4n) is 5.19. The van der Waals surface area contributed by atoms with Crippen molar-refractivity contribution in [3.8, 4) is 0 Å². The van der Waals surface area contributed by atoms with Crippen LogP contribution in [-0.2, 0) is 9.53 Å².